The number of pyridine rings is 1. The van der Waals surface area contributed by atoms with Crippen molar-refractivity contribution in [2.45, 2.75) is 26.3 Å². The van der Waals surface area contributed by atoms with E-state index in [1.807, 2.05) is 24.3 Å². The number of aromatic amines is 1. The van der Waals surface area contributed by atoms with Gasteiger partial charge in [0.15, 0.2) is 0 Å². The molecular weight excluding hydrogens is 302 g/mol. The Morgan fingerprint density at radius 1 is 1.12 bits per heavy atom. The van der Waals surface area contributed by atoms with Crippen LogP contribution in [0.3, 0.4) is 0 Å². The fourth-order valence-electron chi connectivity index (χ4n) is 3.43. The zero-order valence-corrected chi connectivity index (χ0v) is 14.7. The largest absolute Gasteiger partial charge is 0.497 e. The van der Waals surface area contributed by atoms with Gasteiger partial charge in [0, 0.05) is 31.3 Å². The van der Waals surface area contributed by atoms with Gasteiger partial charge >= 0.3 is 0 Å². The zero-order chi connectivity index (χ0) is 16.9. The highest BCUT2D eigenvalue weighted by Gasteiger charge is 2.15. The first-order valence-electron chi connectivity index (χ1n) is 8.84. The van der Waals surface area contributed by atoms with Gasteiger partial charge < -0.3 is 14.6 Å². The third-order valence-electron chi connectivity index (χ3n) is 4.74. The Morgan fingerprint density at radius 2 is 1.92 bits per heavy atom. The standard InChI is InChI=1S/C19H27N3O2/c1-3-7-21-8-4-9-22(11-10-21)14-16-12-15-5-6-17(24-2)13-18(15)20-19(16)23/h5-6,12-13H,3-4,7-11,14H2,1-2H3,(H,20,23). The molecule has 2 heterocycles. The number of hydrogen-bond donors (Lipinski definition) is 1. The summed E-state index contributed by atoms with van der Waals surface area (Å²) in [4.78, 5) is 20.3. The van der Waals surface area contributed by atoms with E-state index < -0.39 is 0 Å². The highest BCUT2D eigenvalue weighted by molar-refractivity contribution is 5.80. The molecular formula is C19H27N3O2. The van der Waals surface area contributed by atoms with Crippen LogP contribution >= 0.6 is 0 Å². The summed E-state index contributed by atoms with van der Waals surface area (Å²) in [6, 6.07) is 7.81. The lowest BCUT2D eigenvalue weighted by atomic mass is 10.1. The zero-order valence-electron chi connectivity index (χ0n) is 14.7. The summed E-state index contributed by atoms with van der Waals surface area (Å²) in [6.07, 6.45) is 2.37. The summed E-state index contributed by atoms with van der Waals surface area (Å²) < 4.78 is 5.22. The first kappa shape index (κ1) is 17.0. The summed E-state index contributed by atoms with van der Waals surface area (Å²) in [5.74, 6) is 0.759. The number of hydrogen-bond acceptors (Lipinski definition) is 4. The quantitative estimate of drug-likeness (QED) is 0.915. The number of ether oxygens (including phenoxy) is 1. The molecule has 5 heteroatoms. The summed E-state index contributed by atoms with van der Waals surface area (Å²) >= 11 is 0. The van der Waals surface area contributed by atoms with Crippen LogP contribution < -0.4 is 10.3 Å². The predicted octanol–water partition coefficient (Wildman–Crippen LogP) is 2.45. The average molecular weight is 329 g/mol. The van der Waals surface area contributed by atoms with Crippen molar-refractivity contribution in [3.63, 3.8) is 0 Å². The van der Waals surface area contributed by atoms with Gasteiger partial charge in [0.2, 0.25) is 0 Å². The van der Waals surface area contributed by atoms with Crippen LogP contribution in [0.5, 0.6) is 5.75 Å². The fourth-order valence-corrected chi connectivity index (χ4v) is 3.43. The third kappa shape index (κ3) is 3.97. The lowest BCUT2D eigenvalue weighted by Crippen LogP contribution is -2.32. The average Bonchev–Trinajstić information content (AvgIpc) is 2.81. The Hall–Kier alpha value is -1.85. The fraction of sp³-hybridized carbons (Fsp3) is 0.526. The molecule has 1 saturated heterocycles. The van der Waals surface area contributed by atoms with E-state index >= 15 is 0 Å². The van der Waals surface area contributed by atoms with E-state index in [2.05, 4.69) is 21.7 Å². The van der Waals surface area contributed by atoms with Crippen LogP contribution in [-0.4, -0.2) is 54.6 Å². The van der Waals surface area contributed by atoms with Gasteiger partial charge in [-0.05, 0) is 56.1 Å². The molecule has 1 aromatic heterocycles. The lowest BCUT2D eigenvalue weighted by Gasteiger charge is -2.21. The molecule has 1 aromatic carbocycles. The van der Waals surface area contributed by atoms with Gasteiger partial charge in [-0.2, -0.15) is 0 Å². The smallest absolute Gasteiger partial charge is 0.252 e. The number of H-pyrrole nitrogens is 1. The monoisotopic (exact) mass is 329 g/mol. The van der Waals surface area contributed by atoms with Crippen molar-refractivity contribution in [2.75, 3.05) is 39.8 Å². The first-order chi connectivity index (χ1) is 11.7. The van der Waals surface area contributed by atoms with Crippen LogP contribution in [0, 0.1) is 0 Å². The molecule has 0 aliphatic carbocycles. The van der Waals surface area contributed by atoms with Crippen LogP contribution in [0.25, 0.3) is 10.9 Å². The van der Waals surface area contributed by atoms with Gasteiger partial charge in [0.25, 0.3) is 5.56 Å². The highest BCUT2D eigenvalue weighted by Crippen LogP contribution is 2.19. The molecule has 1 N–H and O–H groups in total. The summed E-state index contributed by atoms with van der Waals surface area (Å²) in [6.45, 7) is 8.46. The molecule has 130 valence electrons. The molecule has 3 rings (SSSR count). The van der Waals surface area contributed by atoms with Crippen molar-refractivity contribution in [3.05, 3.63) is 40.2 Å². The molecule has 0 bridgehead atoms. The molecule has 2 aromatic rings. The maximum absolute atomic E-state index is 12.4. The molecule has 0 radical (unpaired) electrons. The minimum Gasteiger partial charge on any atom is -0.497 e. The summed E-state index contributed by atoms with van der Waals surface area (Å²) in [7, 11) is 1.63. The summed E-state index contributed by atoms with van der Waals surface area (Å²) in [5, 5.41) is 1.05. The van der Waals surface area contributed by atoms with Crippen LogP contribution in [0.4, 0.5) is 0 Å². The van der Waals surface area contributed by atoms with Crippen molar-refractivity contribution in [1.82, 2.24) is 14.8 Å². The number of methoxy groups -OCH3 is 1. The first-order valence-corrected chi connectivity index (χ1v) is 8.84. The van der Waals surface area contributed by atoms with E-state index in [9.17, 15) is 4.79 Å². The van der Waals surface area contributed by atoms with Crippen molar-refractivity contribution in [3.8, 4) is 5.75 Å². The highest BCUT2D eigenvalue weighted by atomic mass is 16.5. The van der Waals surface area contributed by atoms with Crippen LogP contribution in [0.2, 0.25) is 0 Å². The van der Waals surface area contributed by atoms with Crippen LogP contribution in [0.15, 0.2) is 29.1 Å². The molecule has 0 atom stereocenters. The van der Waals surface area contributed by atoms with Crippen molar-refractivity contribution in [2.24, 2.45) is 0 Å². The van der Waals surface area contributed by atoms with E-state index in [1.165, 1.54) is 19.4 Å². The van der Waals surface area contributed by atoms with Gasteiger partial charge in [0.1, 0.15) is 5.75 Å². The Bertz CT molecular complexity index is 741. The molecule has 0 spiro atoms. The molecule has 0 saturated carbocycles. The van der Waals surface area contributed by atoms with Crippen molar-refractivity contribution in [1.29, 1.82) is 0 Å². The van der Waals surface area contributed by atoms with Gasteiger partial charge in [-0.1, -0.05) is 6.92 Å². The third-order valence-corrected chi connectivity index (χ3v) is 4.74. The minimum atomic E-state index is 0.00501. The molecule has 0 amide bonds. The molecule has 5 nitrogen and oxygen atoms in total. The normalized spacial score (nSPS) is 17.1. The van der Waals surface area contributed by atoms with Gasteiger partial charge in [-0.3, -0.25) is 9.69 Å². The summed E-state index contributed by atoms with van der Waals surface area (Å²) in [5.41, 5.74) is 1.68. The maximum Gasteiger partial charge on any atom is 0.252 e. The van der Waals surface area contributed by atoms with E-state index in [4.69, 9.17) is 4.74 Å². The van der Waals surface area contributed by atoms with Gasteiger partial charge in [-0.15, -0.1) is 0 Å². The molecule has 1 fully saturated rings. The Balaban J connectivity index is 1.75. The van der Waals surface area contributed by atoms with Gasteiger partial charge in [-0.25, -0.2) is 0 Å². The van der Waals surface area contributed by atoms with E-state index in [-0.39, 0.29) is 5.56 Å². The number of rotatable bonds is 5. The number of nitrogens with one attached hydrogen (secondary N) is 1. The lowest BCUT2D eigenvalue weighted by molar-refractivity contribution is 0.251. The Morgan fingerprint density at radius 3 is 2.71 bits per heavy atom. The number of benzene rings is 1. The van der Waals surface area contributed by atoms with Crippen molar-refractivity contribution >= 4 is 10.9 Å². The van der Waals surface area contributed by atoms with E-state index in [0.29, 0.717) is 0 Å². The van der Waals surface area contributed by atoms with E-state index in [0.717, 1.165) is 54.9 Å². The second-order valence-electron chi connectivity index (χ2n) is 6.55. The van der Waals surface area contributed by atoms with E-state index in [1.54, 1.807) is 7.11 Å². The minimum absolute atomic E-state index is 0.00501. The van der Waals surface area contributed by atoms with Crippen molar-refractivity contribution < 1.29 is 4.74 Å². The molecule has 24 heavy (non-hydrogen) atoms. The van der Waals surface area contributed by atoms with Crippen LogP contribution in [-0.2, 0) is 6.54 Å². The number of nitrogens with zero attached hydrogens (tertiary/aromatic N) is 2. The molecule has 1 aliphatic rings. The maximum atomic E-state index is 12.4. The second-order valence-corrected chi connectivity index (χ2v) is 6.55. The van der Waals surface area contributed by atoms with Crippen LogP contribution in [0.1, 0.15) is 25.3 Å². The molecule has 1 aliphatic heterocycles. The topological polar surface area (TPSA) is 48.6 Å². The second kappa shape index (κ2) is 7.81. The Labute approximate surface area is 143 Å². The SMILES string of the molecule is CCCN1CCCN(Cc2cc3ccc(OC)cc3[nH]c2=O)CC1. The Kier molecular flexibility index (Phi) is 5.53. The molecule has 0 unspecified atom stereocenters. The van der Waals surface area contributed by atoms with Gasteiger partial charge in [0.05, 0.1) is 12.6 Å². The number of aromatic nitrogens is 1. The predicted molar refractivity (Wildman–Crippen MR) is 97.7 cm³/mol. The number of fused-ring (bicyclic) bond motifs is 1.